The van der Waals surface area contributed by atoms with Crippen LogP contribution in [0.4, 0.5) is 0 Å². The minimum atomic E-state index is -0.0299. The number of aryl methyl sites for hydroxylation is 1. The smallest absolute Gasteiger partial charge is 0.216 e. The van der Waals surface area contributed by atoms with Crippen molar-refractivity contribution in [1.82, 2.24) is 5.32 Å². The molecule has 1 N–H and O–H groups in total. The molecule has 1 amide bonds. The van der Waals surface area contributed by atoms with Gasteiger partial charge in [0, 0.05) is 18.5 Å². The number of ether oxygens (including phenoxy) is 1. The zero-order valence-electron chi connectivity index (χ0n) is 9.76. The van der Waals surface area contributed by atoms with Crippen molar-refractivity contribution in [3.05, 3.63) is 28.3 Å². The molecule has 1 rings (SSSR count). The van der Waals surface area contributed by atoms with E-state index in [9.17, 15) is 4.79 Å². The van der Waals surface area contributed by atoms with Crippen molar-refractivity contribution in [3.8, 4) is 5.75 Å². The average molecular weight is 242 g/mol. The number of hydrogen-bond acceptors (Lipinski definition) is 2. The molecule has 1 aromatic rings. The number of rotatable bonds is 4. The van der Waals surface area contributed by atoms with Gasteiger partial charge in [0.05, 0.1) is 7.11 Å². The summed E-state index contributed by atoms with van der Waals surface area (Å²) >= 11 is 5.98. The van der Waals surface area contributed by atoms with Crippen LogP contribution < -0.4 is 10.1 Å². The molecular formula is C12H16ClNO2. The summed E-state index contributed by atoms with van der Waals surface area (Å²) < 4.78 is 5.32. The molecule has 0 aromatic heterocycles. The Bertz CT molecular complexity index is 391. The van der Waals surface area contributed by atoms with E-state index in [0.717, 1.165) is 16.9 Å². The summed E-state index contributed by atoms with van der Waals surface area (Å²) in [6.07, 6.45) is 0.712. The largest absolute Gasteiger partial charge is 0.496 e. The first kappa shape index (κ1) is 12.8. The van der Waals surface area contributed by atoms with E-state index in [4.69, 9.17) is 16.3 Å². The highest BCUT2D eigenvalue weighted by molar-refractivity contribution is 6.30. The van der Waals surface area contributed by atoms with Gasteiger partial charge in [0.1, 0.15) is 5.75 Å². The van der Waals surface area contributed by atoms with Crippen LogP contribution in [-0.2, 0) is 11.2 Å². The van der Waals surface area contributed by atoms with Crippen LogP contribution in [-0.4, -0.2) is 19.6 Å². The summed E-state index contributed by atoms with van der Waals surface area (Å²) in [6, 6.07) is 3.73. The monoisotopic (exact) mass is 241 g/mol. The molecule has 0 heterocycles. The predicted octanol–water partition coefficient (Wildman–Crippen LogP) is 2.34. The molecule has 16 heavy (non-hydrogen) atoms. The number of nitrogens with one attached hydrogen (secondary N) is 1. The molecule has 88 valence electrons. The Balaban J connectivity index is 2.81. The molecule has 0 bridgehead atoms. The van der Waals surface area contributed by atoms with Crippen molar-refractivity contribution in [3.63, 3.8) is 0 Å². The van der Waals surface area contributed by atoms with Gasteiger partial charge in [0.15, 0.2) is 0 Å². The summed E-state index contributed by atoms with van der Waals surface area (Å²) in [5, 5.41) is 3.44. The average Bonchev–Trinajstić information content (AvgIpc) is 2.16. The van der Waals surface area contributed by atoms with Gasteiger partial charge in [-0.3, -0.25) is 4.79 Å². The standard InChI is InChI=1S/C12H16ClNO2/c1-8-6-11(13)7-10(12(8)16-3)4-5-14-9(2)15/h6-7H,4-5H2,1-3H3,(H,14,15). The quantitative estimate of drug-likeness (QED) is 0.879. The fourth-order valence-electron chi connectivity index (χ4n) is 1.65. The minimum absolute atomic E-state index is 0.0299. The lowest BCUT2D eigenvalue weighted by Crippen LogP contribution is -2.22. The lowest BCUT2D eigenvalue weighted by molar-refractivity contribution is -0.118. The van der Waals surface area contributed by atoms with Gasteiger partial charge in [-0.1, -0.05) is 11.6 Å². The van der Waals surface area contributed by atoms with Crippen molar-refractivity contribution in [2.45, 2.75) is 20.3 Å². The van der Waals surface area contributed by atoms with E-state index in [2.05, 4.69) is 5.32 Å². The van der Waals surface area contributed by atoms with Crippen molar-refractivity contribution in [1.29, 1.82) is 0 Å². The summed E-state index contributed by atoms with van der Waals surface area (Å²) in [5.41, 5.74) is 2.02. The number of hydrogen-bond donors (Lipinski definition) is 1. The lowest BCUT2D eigenvalue weighted by Gasteiger charge is -2.12. The van der Waals surface area contributed by atoms with E-state index in [1.807, 2.05) is 19.1 Å². The Morgan fingerprint density at radius 1 is 1.50 bits per heavy atom. The van der Waals surface area contributed by atoms with Crippen LogP contribution in [0, 0.1) is 6.92 Å². The number of carbonyl (C=O) groups excluding carboxylic acids is 1. The first-order chi connectivity index (χ1) is 7.54. The molecule has 0 aliphatic heterocycles. The van der Waals surface area contributed by atoms with Crippen LogP contribution in [0.2, 0.25) is 5.02 Å². The second kappa shape index (κ2) is 5.75. The number of amides is 1. The fraction of sp³-hybridized carbons (Fsp3) is 0.417. The highest BCUT2D eigenvalue weighted by atomic mass is 35.5. The normalized spacial score (nSPS) is 10.0. The fourth-order valence-corrected chi connectivity index (χ4v) is 1.95. The number of methoxy groups -OCH3 is 1. The first-order valence-electron chi connectivity index (χ1n) is 5.12. The molecule has 3 nitrogen and oxygen atoms in total. The van der Waals surface area contributed by atoms with E-state index in [0.29, 0.717) is 18.0 Å². The first-order valence-corrected chi connectivity index (χ1v) is 5.50. The second-order valence-electron chi connectivity index (χ2n) is 3.65. The summed E-state index contributed by atoms with van der Waals surface area (Å²) in [7, 11) is 1.64. The summed E-state index contributed by atoms with van der Waals surface area (Å²) in [5.74, 6) is 0.812. The lowest BCUT2D eigenvalue weighted by atomic mass is 10.1. The Morgan fingerprint density at radius 2 is 2.19 bits per heavy atom. The van der Waals surface area contributed by atoms with E-state index in [1.54, 1.807) is 7.11 Å². The van der Waals surface area contributed by atoms with Gasteiger partial charge >= 0.3 is 0 Å². The molecular weight excluding hydrogens is 226 g/mol. The Kier molecular flexibility index (Phi) is 4.62. The molecule has 0 saturated carbocycles. The zero-order chi connectivity index (χ0) is 12.1. The van der Waals surface area contributed by atoms with E-state index in [-0.39, 0.29) is 5.91 Å². The van der Waals surface area contributed by atoms with Gasteiger partial charge in [0.25, 0.3) is 0 Å². The van der Waals surface area contributed by atoms with Gasteiger partial charge in [-0.2, -0.15) is 0 Å². The van der Waals surface area contributed by atoms with Crippen LogP contribution in [0.5, 0.6) is 5.75 Å². The third-order valence-corrected chi connectivity index (χ3v) is 2.51. The predicted molar refractivity (Wildman–Crippen MR) is 65.1 cm³/mol. The Hall–Kier alpha value is -1.22. The Morgan fingerprint density at radius 3 is 2.75 bits per heavy atom. The molecule has 0 fully saturated rings. The molecule has 0 aliphatic rings. The maximum Gasteiger partial charge on any atom is 0.216 e. The van der Waals surface area contributed by atoms with Crippen LogP contribution in [0.3, 0.4) is 0 Å². The van der Waals surface area contributed by atoms with Gasteiger partial charge < -0.3 is 10.1 Å². The van der Waals surface area contributed by atoms with Crippen molar-refractivity contribution >= 4 is 17.5 Å². The van der Waals surface area contributed by atoms with Crippen molar-refractivity contribution in [2.24, 2.45) is 0 Å². The summed E-state index contributed by atoms with van der Waals surface area (Å²) in [4.78, 5) is 10.8. The third kappa shape index (κ3) is 3.42. The van der Waals surface area contributed by atoms with E-state index in [1.165, 1.54) is 6.92 Å². The molecule has 0 aliphatic carbocycles. The molecule has 0 spiro atoms. The molecule has 0 radical (unpaired) electrons. The molecule has 4 heteroatoms. The van der Waals surface area contributed by atoms with E-state index >= 15 is 0 Å². The molecule has 0 atom stereocenters. The number of halogens is 1. The van der Waals surface area contributed by atoms with Gasteiger partial charge in [0.2, 0.25) is 5.91 Å². The Labute approximate surface area is 101 Å². The van der Waals surface area contributed by atoms with Crippen LogP contribution >= 0.6 is 11.6 Å². The maximum atomic E-state index is 10.8. The number of benzene rings is 1. The van der Waals surface area contributed by atoms with Crippen molar-refractivity contribution < 1.29 is 9.53 Å². The minimum Gasteiger partial charge on any atom is -0.496 e. The van der Waals surface area contributed by atoms with Crippen LogP contribution in [0.15, 0.2) is 12.1 Å². The van der Waals surface area contributed by atoms with Gasteiger partial charge in [-0.05, 0) is 36.6 Å². The highest BCUT2D eigenvalue weighted by Crippen LogP contribution is 2.27. The van der Waals surface area contributed by atoms with Gasteiger partial charge in [-0.15, -0.1) is 0 Å². The highest BCUT2D eigenvalue weighted by Gasteiger charge is 2.08. The van der Waals surface area contributed by atoms with E-state index < -0.39 is 0 Å². The molecule has 0 saturated heterocycles. The molecule has 0 unspecified atom stereocenters. The molecule has 1 aromatic carbocycles. The second-order valence-corrected chi connectivity index (χ2v) is 4.08. The van der Waals surface area contributed by atoms with Crippen LogP contribution in [0.25, 0.3) is 0 Å². The van der Waals surface area contributed by atoms with Crippen molar-refractivity contribution in [2.75, 3.05) is 13.7 Å². The van der Waals surface area contributed by atoms with Gasteiger partial charge in [-0.25, -0.2) is 0 Å². The SMILES string of the molecule is COc1c(C)cc(Cl)cc1CCNC(C)=O. The number of carbonyl (C=O) groups is 1. The maximum absolute atomic E-state index is 10.8. The van der Waals surface area contributed by atoms with Crippen LogP contribution in [0.1, 0.15) is 18.1 Å². The summed E-state index contributed by atoms with van der Waals surface area (Å²) in [6.45, 7) is 4.04. The topological polar surface area (TPSA) is 38.3 Å². The zero-order valence-corrected chi connectivity index (χ0v) is 10.5. The third-order valence-electron chi connectivity index (χ3n) is 2.29.